The Kier molecular flexibility index (Phi) is 3.59. The maximum atomic E-state index is 13.3. The van der Waals surface area contributed by atoms with Crippen LogP contribution in [0.4, 0.5) is 23.7 Å². The fraction of sp³-hybridized carbons (Fsp3) is 0.364. The summed E-state index contributed by atoms with van der Waals surface area (Å²) in [5.41, 5.74) is 0.173. The van der Waals surface area contributed by atoms with Gasteiger partial charge in [0.1, 0.15) is 0 Å². The SMILES string of the molecule is O=C(Nc1ccc(OC(F)F)c(F)c1)NC1CC1. The lowest BCUT2D eigenvalue weighted by Crippen LogP contribution is -2.30. The van der Waals surface area contributed by atoms with Crippen LogP contribution >= 0.6 is 0 Å². The summed E-state index contributed by atoms with van der Waals surface area (Å²) in [4.78, 5) is 11.3. The molecule has 7 heteroatoms. The molecule has 1 aliphatic rings. The number of hydrogen-bond donors (Lipinski definition) is 2. The highest BCUT2D eigenvalue weighted by atomic mass is 19.3. The molecule has 0 spiro atoms. The largest absolute Gasteiger partial charge is 0.432 e. The highest BCUT2D eigenvalue weighted by molar-refractivity contribution is 5.89. The van der Waals surface area contributed by atoms with E-state index in [0.717, 1.165) is 25.0 Å². The van der Waals surface area contributed by atoms with E-state index < -0.39 is 24.2 Å². The van der Waals surface area contributed by atoms with Crippen LogP contribution in [-0.2, 0) is 0 Å². The summed E-state index contributed by atoms with van der Waals surface area (Å²) in [6.45, 7) is -3.09. The van der Waals surface area contributed by atoms with Gasteiger partial charge in [-0.1, -0.05) is 0 Å². The number of hydrogen-bond acceptors (Lipinski definition) is 2. The van der Waals surface area contributed by atoms with Crippen LogP contribution in [0.25, 0.3) is 0 Å². The predicted octanol–water partition coefficient (Wildman–Crippen LogP) is 2.71. The van der Waals surface area contributed by atoms with Gasteiger partial charge in [0, 0.05) is 17.8 Å². The van der Waals surface area contributed by atoms with Crippen molar-refractivity contribution in [3.05, 3.63) is 24.0 Å². The van der Waals surface area contributed by atoms with Gasteiger partial charge in [0.2, 0.25) is 0 Å². The molecule has 0 aromatic heterocycles. The van der Waals surface area contributed by atoms with Crippen molar-refractivity contribution in [2.24, 2.45) is 0 Å². The lowest BCUT2D eigenvalue weighted by Gasteiger charge is -2.09. The van der Waals surface area contributed by atoms with Gasteiger partial charge in [0.15, 0.2) is 11.6 Å². The average molecular weight is 260 g/mol. The third-order valence-electron chi connectivity index (χ3n) is 2.32. The van der Waals surface area contributed by atoms with Gasteiger partial charge in [-0.2, -0.15) is 8.78 Å². The summed E-state index contributed by atoms with van der Waals surface area (Å²) in [6, 6.07) is 2.97. The molecule has 2 amide bonds. The van der Waals surface area contributed by atoms with Crippen LogP contribution in [0.5, 0.6) is 5.75 Å². The minimum absolute atomic E-state index is 0.173. The smallest absolute Gasteiger partial charge is 0.387 e. The highest BCUT2D eigenvalue weighted by Gasteiger charge is 2.23. The van der Waals surface area contributed by atoms with Gasteiger partial charge in [-0.05, 0) is 25.0 Å². The van der Waals surface area contributed by atoms with Crippen molar-refractivity contribution >= 4 is 11.7 Å². The zero-order chi connectivity index (χ0) is 13.1. The Morgan fingerprint density at radius 3 is 2.67 bits per heavy atom. The maximum absolute atomic E-state index is 13.3. The molecule has 1 aromatic carbocycles. The molecule has 1 fully saturated rings. The van der Waals surface area contributed by atoms with E-state index in [1.165, 1.54) is 6.07 Å². The Labute approximate surface area is 101 Å². The Balaban J connectivity index is 1.96. The molecule has 18 heavy (non-hydrogen) atoms. The number of anilines is 1. The van der Waals surface area contributed by atoms with Gasteiger partial charge in [-0.3, -0.25) is 0 Å². The molecular weight excluding hydrogens is 249 g/mol. The fourth-order valence-corrected chi connectivity index (χ4v) is 1.35. The van der Waals surface area contributed by atoms with Crippen LogP contribution < -0.4 is 15.4 Å². The van der Waals surface area contributed by atoms with Crippen LogP contribution in [0.15, 0.2) is 18.2 Å². The first-order chi connectivity index (χ1) is 8.54. The zero-order valence-electron chi connectivity index (χ0n) is 9.25. The quantitative estimate of drug-likeness (QED) is 0.874. The van der Waals surface area contributed by atoms with Gasteiger partial charge in [0.05, 0.1) is 0 Å². The Morgan fingerprint density at radius 1 is 1.39 bits per heavy atom. The number of carbonyl (C=O) groups excluding carboxylic acids is 1. The van der Waals surface area contributed by atoms with Gasteiger partial charge in [0.25, 0.3) is 0 Å². The van der Waals surface area contributed by atoms with Gasteiger partial charge < -0.3 is 15.4 Å². The van der Waals surface area contributed by atoms with Crippen LogP contribution in [0, 0.1) is 5.82 Å². The van der Waals surface area contributed by atoms with Crippen molar-refractivity contribution in [3.8, 4) is 5.75 Å². The molecule has 1 aromatic rings. The normalized spacial score (nSPS) is 14.4. The molecule has 1 saturated carbocycles. The minimum Gasteiger partial charge on any atom is -0.432 e. The van der Waals surface area contributed by atoms with E-state index in [9.17, 15) is 18.0 Å². The number of alkyl halides is 2. The van der Waals surface area contributed by atoms with Crippen molar-refractivity contribution in [3.63, 3.8) is 0 Å². The van der Waals surface area contributed by atoms with Gasteiger partial charge >= 0.3 is 12.6 Å². The summed E-state index contributed by atoms with van der Waals surface area (Å²) in [5.74, 6) is -1.52. The molecule has 1 aliphatic carbocycles. The van der Waals surface area contributed by atoms with E-state index in [0.29, 0.717) is 0 Å². The Hall–Kier alpha value is -1.92. The molecule has 4 nitrogen and oxygen atoms in total. The first-order valence-electron chi connectivity index (χ1n) is 5.36. The summed E-state index contributed by atoms with van der Waals surface area (Å²) in [5, 5.41) is 5.05. The second-order valence-corrected chi connectivity index (χ2v) is 3.90. The van der Waals surface area contributed by atoms with E-state index in [1.54, 1.807) is 0 Å². The van der Waals surface area contributed by atoms with Crippen LogP contribution in [-0.4, -0.2) is 18.7 Å². The van der Waals surface area contributed by atoms with E-state index >= 15 is 0 Å². The number of halogens is 3. The van der Waals surface area contributed by atoms with E-state index in [4.69, 9.17) is 0 Å². The molecule has 2 N–H and O–H groups in total. The third-order valence-corrected chi connectivity index (χ3v) is 2.32. The second-order valence-electron chi connectivity index (χ2n) is 3.90. The molecule has 0 aliphatic heterocycles. The lowest BCUT2D eigenvalue weighted by atomic mass is 10.3. The molecule has 98 valence electrons. The zero-order valence-corrected chi connectivity index (χ0v) is 9.25. The second kappa shape index (κ2) is 5.16. The molecule has 0 unspecified atom stereocenters. The number of rotatable bonds is 4. The number of benzene rings is 1. The molecular formula is C11H11F3N2O2. The third kappa shape index (κ3) is 3.54. The summed E-state index contributed by atoms with van der Waals surface area (Å²) >= 11 is 0. The number of ether oxygens (including phenoxy) is 1. The molecule has 0 bridgehead atoms. The monoisotopic (exact) mass is 260 g/mol. The molecule has 0 radical (unpaired) electrons. The van der Waals surface area contributed by atoms with Crippen LogP contribution in [0.1, 0.15) is 12.8 Å². The van der Waals surface area contributed by atoms with Crippen molar-refractivity contribution in [2.75, 3.05) is 5.32 Å². The predicted molar refractivity (Wildman–Crippen MR) is 58.2 cm³/mol. The Bertz CT molecular complexity index is 450. The van der Waals surface area contributed by atoms with Crippen molar-refractivity contribution in [2.45, 2.75) is 25.5 Å². The number of amides is 2. The first kappa shape index (κ1) is 12.5. The van der Waals surface area contributed by atoms with Crippen molar-refractivity contribution < 1.29 is 22.7 Å². The average Bonchev–Trinajstić information content (AvgIpc) is 3.05. The summed E-state index contributed by atoms with van der Waals surface area (Å²) < 4.78 is 41.0. The molecule has 0 saturated heterocycles. The number of urea groups is 1. The molecule has 2 rings (SSSR count). The van der Waals surface area contributed by atoms with E-state index in [-0.39, 0.29) is 11.7 Å². The maximum Gasteiger partial charge on any atom is 0.387 e. The van der Waals surface area contributed by atoms with Crippen molar-refractivity contribution in [1.82, 2.24) is 5.32 Å². The van der Waals surface area contributed by atoms with Gasteiger partial charge in [-0.25, -0.2) is 9.18 Å². The lowest BCUT2D eigenvalue weighted by molar-refractivity contribution is -0.0521. The van der Waals surface area contributed by atoms with Crippen LogP contribution in [0.3, 0.4) is 0 Å². The van der Waals surface area contributed by atoms with Gasteiger partial charge in [-0.15, -0.1) is 0 Å². The Morgan fingerprint density at radius 2 is 2.11 bits per heavy atom. The number of nitrogens with one attached hydrogen (secondary N) is 2. The molecule has 0 heterocycles. The summed E-state index contributed by atoms with van der Waals surface area (Å²) in [7, 11) is 0. The molecule has 0 atom stereocenters. The van der Waals surface area contributed by atoms with Crippen molar-refractivity contribution in [1.29, 1.82) is 0 Å². The number of carbonyl (C=O) groups is 1. The first-order valence-corrected chi connectivity index (χ1v) is 5.36. The standard InChI is InChI=1S/C11H11F3N2O2/c12-8-5-7(3-4-9(8)18-10(13)14)16-11(17)15-6-1-2-6/h3-6,10H,1-2H2,(H2,15,16,17). The summed E-state index contributed by atoms with van der Waals surface area (Å²) in [6.07, 6.45) is 1.87. The van der Waals surface area contributed by atoms with E-state index in [1.807, 2.05) is 0 Å². The minimum atomic E-state index is -3.09. The van der Waals surface area contributed by atoms with E-state index in [2.05, 4.69) is 15.4 Å². The van der Waals surface area contributed by atoms with Crippen LogP contribution in [0.2, 0.25) is 0 Å². The highest BCUT2D eigenvalue weighted by Crippen LogP contribution is 2.23. The fourth-order valence-electron chi connectivity index (χ4n) is 1.35. The topological polar surface area (TPSA) is 50.4 Å².